The Bertz CT molecular complexity index is 1480. The first-order valence-electron chi connectivity index (χ1n) is 11.0. The van der Waals surface area contributed by atoms with Gasteiger partial charge in [0.25, 0.3) is 0 Å². The number of halogens is 2. The first-order valence-corrected chi connectivity index (χ1v) is 13.6. The third-order valence-electron chi connectivity index (χ3n) is 5.71. The number of carbonyl (C=O) groups is 1. The van der Waals surface area contributed by atoms with E-state index in [0.717, 1.165) is 22.0 Å². The van der Waals surface area contributed by atoms with Gasteiger partial charge in [0, 0.05) is 22.5 Å². The fourth-order valence-electron chi connectivity index (χ4n) is 4.19. The second-order valence-electron chi connectivity index (χ2n) is 8.51. The molecule has 0 aliphatic carbocycles. The van der Waals surface area contributed by atoms with Crippen molar-refractivity contribution in [2.24, 2.45) is 4.99 Å². The summed E-state index contributed by atoms with van der Waals surface area (Å²) in [7, 11) is 0. The van der Waals surface area contributed by atoms with Crippen molar-refractivity contribution >= 4 is 68.8 Å². The summed E-state index contributed by atoms with van der Waals surface area (Å²) < 4.78 is 1.51. The van der Waals surface area contributed by atoms with Gasteiger partial charge in [0.1, 0.15) is 0 Å². The predicted molar refractivity (Wildman–Crippen MR) is 147 cm³/mol. The maximum atomic E-state index is 12.5. The van der Waals surface area contributed by atoms with Gasteiger partial charge in [-0.2, -0.15) is 5.10 Å². The van der Waals surface area contributed by atoms with E-state index in [4.69, 9.17) is 28.2 Å². The van der Waals surface area contributed by atoms with Crippen molar-refractivity contribution in [3.8, 4) is 11.1 Å². The fraction of sp³-hybridized carbons (Fsp3) is 0.240. The number of aromatic amines is 1. The minimum atomic E-state index is -1.05. The van der Waals surface area contributed by atoms with Crippen molar-refractivity contribution in [3.05, 3.63) is 75.7 Å². The number of fused-ring (bicyclic) bond motifs is 1. The van der Waals surface area contributed by atoms with Gasteiger partial charge in [-0.05, 0) is 47.7 Å². The first kappa shape index (κ1) is 24.3. The van der Waals surface area contributed by atoms with Crippen LogP contribution in [-0.4, -0.2) is 40.8 Å². The highest BCUT2D eigenvalue weighted by atomic mass is 35.5. The Morgan fingerprint density at radius 2 is 1.97 bits per heavy atom. The van der Waals surface area contributed by atoms with Gasteiger partial charge >= 0.3 is 5.97 Å². The number of nitrogens with zero attached hydrogens (tertiary/aromatic N) is 3. The summed E-state index contributed by atoms with van der Waals surface area (Å²) in [5.74, 6) is -1.05. The molecular weight excluding hydrogens is 523 g/mol. The molecule has 2 aromatic carbocycles. The SMILES string of the molecule is Cc1nn(C2=NC(c3ccc(Cl)c(Cl)c3)C(SC(C)C)S2)c(C(=O)O)c1-c1ccc2cc[nH]c2c1. The van der Waals surface area contributed by atoms with Gasteiger partial charge in [-0.1, -0.05) is 67.0 Å². The Kier molecular flexibility index (Phi) is 6.65. The quantitative estimate of drug-likeness (QED) is 0.271. The Morgan fingerprint density at radius 3 is 2.69 bits per heavy atom. The van der Waals surface area contributed by atoms with Crippen LogP contribution in [-0.2, 0) is 0 Å². The number of hydrogen-bond acceptors (Lipinski definition) is 5. The van der Waals surface area contributed by atoms with Crippen LogP contribution in [0.3, 0.4) is 0 Å². The van der Waals surface area contributed by atoms with Crippen LogP contribution in [0.4, 0.5) is 0 Å². The molecule has 2 aromatic heterocycles. The van der Waals surface area contributed by atoms with Gasteiger partial charge < -0.3 is 10.1 Å². The maximum absolute atomic E-state index is 12.5. The lowest BCUT2D eigenvalue weighted by molar-refractivity contribution is 0.0689. The van der Waals surface area contributed by atoms with Crippen LogP contribution in [0, 0.1) is 6.92 Å². The first-order chi connectivity index (χ1) is 16.7. The highest BCUT2D eigenvalue weighted by Crippen LogP contribution is 2.47. The second kappa shape index (κ2) is 9.58. The van der Waals surface area contributed by atoms with Crippen LogP contribution < -0.4 is 0 Å². The van der Waals surface area contributed by atoms with Crippen LogP contribution >= 0.6 is 46.7 Å². The minimum absolute atomic E-state index is 0.0344. The highest BCUT2D eigenvalue weighted by Gasteiger charge is 2.36. The average molecular weight is 546 g/mol. The molecule has 35 heavy (non-hydrogen) atoms. The molecule has 10 heteroatoms. The molecule has 2 unspecified atom stereocenters. The van der Waals surface area contributed by atoms with Gasteiger partial charge in [0.05, 0.1) is 26.4 Å². The molecular formula is C25H22Cl2N4O2S2. The van der Waals surface area contributed by atoms with Gasteiger partial charge in [-0.25, -0.2) is 9.48 Å². The van der Waals surface area contributed by atoms with Crippen LogP contribution in [0.5, 0.6) is 0 Å². The van der Waals surface area contributed by atoms with Crippen LogP contribution in [0.25, 0.3) is 22.0 Å². The topological polar surface area (TPSA) is 83.3 Å². The smallest absolute Gasteiger partial charge is 0.355 e. The zero-order valence-electron chi connectivity index (χ0n) is 19.1. The van der Waals surface area contributed by atoms with E-state index in [1.807, 2.05) is 49.5 Å². The Labute approximate surface area is 221 Å². The van der Waals surface area contributed by atoms with E-state index >= 15 is 0 Å². The number of H-pyrrole nitrogens is 1. The summed E-state index contributed by atoms with van der Waals surface area (Å²) in [6.45, 7) is 6.09. The molecule has 2 N–H and O–H groups in total. The Balaban J connectivity index is 1.62. The summed E-state index contributed by atoms with van der Waals surface area (Å²) >= 11 is 15.7. The predicted octanol–water partition coefficient (Wildman–Crippen LogP) is 7.50. The average Bonchev–Trinajstić information content (AvgIpc) is 3.51. The molecule has 0 spiro atoms. The largest absolute Gasteiger partial charge is 0.476 e. The third kappa shape index (κ3) is 4.60. The van der Waals surface area contributed by atoms with E-state index in [0.29, 0.717) is 31.7 Å². The molecule has 0 saturated carbocycles. The van der Waals surface area contributed by atoms with Gasteiger partial charge in [-0.15, -0.1) is 11.8 Å². The molecule has 5 rings (SSSR count). The molecule has 0 bridgehead atoms. The van der Waals surface area contributed by atoms with Crippen molar-refractivity contribution in [1.29, 1.82) is 0 Å². The summed E-state index contributed by atoms with van der Waals surface area (Å²) in [5.41, 5.74) is 3.97. The standard InChI is InChI=1S/C25H22Cl2N4O2S2/c1-12(2)34-24-21(16-6-7-17(26)18(27)10-16)29-25(35-24)31-22(23(32)33)20(13(3)30-31)15-5-4-14-8-9-28-19(14)11-15/h4-12,21,24,28H,1-3H3,(H,32,33). The summed E-state index contributed by atoms with van der Waals surface area (Å²) in [4.78, 5) is 20.7. The van der Waals surface area contributed by atoms with Crippen LogP contribution in [0.15, 0.2) is 53.7 Å². The zero-order valence-corrected chi connectivity index (χ0v) is 22.3. The lowest BCUT2D eigenvalue weighted by Gasteiger charge is -2.19. The number of nitrogens with one attached hydrogen (secondary N) is 1. The van der Waals surface area contributed by atoms with Crippen molar-refractivity contribution < 1.29 is 9.90 Å². The summed E-state index contributed by atoms with van der Waals surface area (Å²) in [5, 5.41) is 17.8. The van der Waals surface area contributed by atoms with Gasteiger partial charge in [0.2, 0.25) is 0 Å². The minimum Gasteiger partial charge on any atom is -0.476 e. The highest BCUT2D eigenvalue weighted by molar-refractivity contribution is 8.25. The molecule has 0 fully saturated rings. The molecule has 0 amide bonds. The number of thioether (sulfide) groups is 2. The second-order valence-corrected chi connectivity index (χ2v) is 12.5. The Morgan fingerprint density at radius 1 is 1.17 bits per heavy atom. The lowest BCUT2D eigenvalue weighted by Crippen LogP contribution is -2.16. The number of benzene rings is 2. The number of rotatable bonds is 5. The Hall–Kier alpha value is -2.39. The van der Waals surface area contributed by atoms with Crippen molar-refractivity contribution in [3.63, 3.8) is 0 Å². The molecule has 1 aliphatic heterocycles. The van der Waals surface area contributed by atoms with Crippen molar-refractivity contribution in [1.82, 2.24) is 14.8 Å². The number of carboxylic acids is 1. The van der Waals surface area contributed by atoms with E-state index < -0.39 is 5.97 Å². The summed E-state index contributed by atoms with van der Waals surface area (Å²) in [6.07, 6.45) is 1.86. The number of hydrogen-bond donors (Lipinski definition) is 2. The molecule has 0 radical (unpaired) electrons. The van der Waals surface area contributed by atoms with Crippen molar-refractivity contribution in [2.75, 3.05) is 0 Å². The molecule has 6 nitrogen and oxygen atoms in total. The van der Waals surface area contributed by atoms with Crippen LogP contribution in [0.1, 0.15) is 41.6 Å². The number of aryl methyl sites for hydroxylation is 1. The van der Waals surface area contributed by atoms with Gasteiger partial charge in [-0.3, -0.25) is 4.99 Å². The van der Waals surface area contributed by atoms with Crippen molar-refractivity contribution in [2.45, 2.75) is 36.6 Å². The number of aromatic carboxylic acids is 1. The van der Waals surface area contributed by atoms with E-state index in [1.54, 1.807) is 17.8 Å². The number of aliphatic imine (C=N–C) groups is 1. The molecule has 0 saturated heterocycles. The molecule has 3 heterocycles. The van der Waals surface area contributed by atoms with Gasteiger partial charge in [0.15, 0.2) is 10.9 Å². The van der Waals surface area contributed by atoms with E-state index in [2.05, 4.69) is 23.9 Å². The molecule has 4 aromatic rings. The zero-order chi connectivity index (χ0) is 24.9. The monoisotopic (exact) mass is 544 g/mol. The maximum Gasteiger partial charge on any atom is 0.355 e. The van der Waals surface area contributed by atoms with E-state index in [-0.39, 0.29) is 16.3 Å². The summed E-state index contributed by atoms with van der Waals surface area (Å²) in [6, 6.07) is 13.1. The molecule has 2 atom stereocenters. The fourth-order valence-corrected chi connectivity index (χ4v) is 7.51. The van der Waals surface area contributed by atoms with E-state index in [9.17, 15) is 9.90 Å². The lowest BCUT2D eigenvalue weighted by atomic mass is 10.0. The normalized spacial score (nSPS) is 17.9. The van der Waals surface area contributed by atoms with Crippen LogP contribution in [0.2, 0.25) is 10.0 Å². The number of aromatic nitrogens is 3. The third-order valence-corrected chi connectivity index (χ3v) is 9.12. The molecule has 1 aliphatic rings. The van der Waals surface area contributed by atoms with E-state index in [1.165, 1.54) is 16.4 Å². The molecule has 180 valence electrons. The number of carboxylic acid groups (broad SMARTS) is 1.